The van der Waals surface area contributed by atoms with Crippen LogP contribution in [0.1, 0.15) is 33.3 Å². The number of nitrogens with zero attached hydrogens (tertiary/aromatic N) is 3. The Morgan fingerprint density at radius 2 is 1.72 bits per heavy atom. The van der Waals surface area contributed by atoms with E-state index in [1.807, 2.05) is 0 Å². The molecule has 0 spiro atoms. The molecule has 2 aromatic heterocycles. The number of anilines is 2. The number of aromatic nitrogens is 3. The smallest absolute Gasteiger partial charge is 0.321 e. The number of hydrogen-bond acceptors (Lipinski definition) is 11. The quantitative estimate of drug-likeness (QED) is 0.223. The number of amides is 2. The molecule has 2 amide bonds. The number of fused-ring (bicyclic) bond motifs is 1. The van der Waals surface area contributed by atoms with E-state index in [4.69, 9.17) is 0 Å². The van der Waals surface area contributed by atoms with Gasteiger partial charge < -0.3 is 25.7 Å². The fourth-order valence-corrected chi connectivity index (χ4v) is 5.40. The van der Waals surface area contributed by atoms with E-state index in [2.05, 4.69) is 30.3 Å². The molecule has 13 nitrogen and oxygen atoms in total. The van der Waals surface area contributed by atoms with Crippen LogP contribution in [0.25, 0.3) is 26.9 Å². The summed E-state index contributed by atoms with van der Waals surface area (Å²) in [6.45, 7) is 6.82. The van der Waals surface area contributed by atoms with Gasteiger partial charge in [0.15, 0.2) is 5.13 Å². The van der Waals surface area contributed by atoms with Crippen LogP contribution in [0.2, 0.25) is 0 Å². The molecular weight excluding hydrogens is 548 g/mol. The second-order valence-corrected chi connectivity index (χ2v) is 13.4. The molecule has 4 rings (SSSR count). The molecular formula is C24H30N6O7S2. The maximum atomic E-state index is 12.4. The molecule has 0 fully saturated rings. The second-order valence-electron chi connectivity index (χ2n) is 9.93. The third-order valence-electron chi connectivity index (χ3n) is 6.07. The average molecular weight is 579 g/mol. The summed E-state index contributed by atoms with van der Waals surface area (Å²) in [5, 5.41) is 46.9. The highest BCUT2D eigenvalue weighted by Crippen LogP contribution is 2.40. The first-order valence-corrected chi connectivity index (χ1v) is 14.3. The first-order chi connectivity index (χ1) is 18.2. The van der Waals surface area contributed by atoms with Gasteiger partial charge in [0.25, 0.3) is 0 Å². The van der Waals surface area contributed by atoms with Gasteiger partial charge in [-0.05, 0) is 57.0 Å². The number of rotatable bonds is 6. The summed E-state index contributed by atoms with van der Waals surface area (Å²) in [4.78, 5) is 24.8. The summed E-state index contributed by atoms with van der Waals surface area (Å²) in [6, 6.07) is 2.92. The van der Waals surface area contributed by atoms with E-state index in [0.29, 0.717) is 33.5 Å². The van der Waals surface area contributed by atoms with Crippen molar-refractivity contribution in [1.82, 2.24) is 20.3 Å². The van der Waals surface area contributed by atoms with Gasteiger partial charge in [-0.1, -0.05) is 11.3 Å². The Labute approximate surface area is 228 Å². The van der Waals surface area contributed by atoms with Crippen LogP contribution in [-0.2, 0) is 10.0 Å². The van der Waals surface area contributed by atoms with E-state index in [9.17, 15) is 33.6 Å². The van der Waals surface area contributed by atoms with E-state index in [0.717, 1.165) is 11.3 Å². The van der Waals surface area contributed by atoms with Crippen LogP contribution >= 0.6 is 11.3 Å². The molecule has 0 aliphatic heterocycles. The third kappa shape index (κ3) is 5.88. The number of hydrogen-bond donors (Lipinski definition) is 7. The van der Waals surface area contributed by atoms with E-state index in [1.165, 1.54) is 18.5 Å². The van der Waals surface area contributed by atoms with Crippen LogP contribution in [0.4, 0.5) is 15.9 Å². The van der Waals surface area contributed by atoms with Gasteiger partial charge in [-0.2, -0.15) is 0 Å². The minimum Gasteiger partial charge on any atom is -0.387 e. The molecule has 1 aliphatic rings. The summed E-state index contributed by atoms with van der Waals surface area (Å²) in [5.74, 6) is -0.109. The normalized spacial score (nSPS) is 21.9. The van der Waals surface area contributed by atoms with Crippen molar-refractivity contribution in [3.05, 3.63) is 36.2 Å². The molecule has 2 heterocycles. The lowest BCUT2D eigenvalue weighted by molar-refractivity contribution is -0.0846. The van der Waals surface area contributed by atoms with E-state index < -0.39 is 45.2 Å². The number of thiazole rings is 1. The Hall–Kier alpha value is -3.21. The van der Waals surface area contributed by atoms with Gasteiger partial charge in [0, 0.05) is 30.1 Å². The maximum absolute atomic E-state index is 12.4. The fraction of sp³-hybridized carbons (Fsp3) is 0.417. The van der Waals surface area contributed by atoms with Crippen LogP contribution in [0, 0.1) is 0 Å². The SMILES string of the molecule is CCNC(=O)Nc1nc2cc(-c3cnc(NS(=O)(=O)C(C)(C)C)nc3)cc(C3=C[C@H](O)[C@@H](O)[C@H](O)[C@@H]3O)c2s1. The summed E-state index contributed by atoms with van der Waals surface area (Å²) >= 11 is 1.12. The highest BCUT2D eigenvalue weighted by molar-refractivity contribution is 7.94. The summed E-state index contributed by atoms with van der Waals surface area (Å²) < 4.78 is 26.7. The zero-order chi connectivity index (χ0) is 28.7. The van der Waals surface area contributed by atoms with Crippen LogP contribution in [-0.4, -0.2) is 85.5 Å². The number of urea groups is 1. The Bertz CT molecular complexity index is 1520. The van der Waals surface area contributed by atoms with Gasteiger partial charge in [0.2, 0.25) is 16.0 Å². The Morgan fingerprint density at radius 3 is 2.33 bits per heavy atom. The minimum atomic E-state index is -3.74. The molecule has 0 saturated carbocycles. The van der Waals surface area contributed by atoms with Crippen molar-refractivity contribution >= 4 is 54.3 Å². The largest absolute Gasteiger partial charge is 0.387 e. The lowest BCUT2D eigenvalue weighted by atomic mass is 9.85. The van der Waals surface area contributed by atoms with Gasteiger partial charge in [0.05, 0.1) is 15.0 Å². The first-order valence-electron chi connectivity index (χ1n) is 12.0. The molecule has 3 aromatic rings. The zero-order valence-electron chi connectivity index (χ0n) is 21.6. The van der Waals surface area contributed by atoms with Crippen LogP contribution in [0.15, 0.2) is 30.6 Å². The Balaban J connectivity index is 1.80. The molecule has 0 radical (unpaired) electrons. The number of carbonyl (C=O) groups is 1. The number of aliphatic hydroxyl groups is 4. The molecule has 4 atom stereocenters. The third-order valence-corrected chi connectivity index (χ3v) is 9.15. The maximum Gasteiger partial charge on any atom is 0.321 e. The van der Waals surface area contributed by atoms with Gasteiger partial charge in [0.1, 0.15) is 24.4 Å². The summed E-state index contributed by atoms with van der Waals surface area (Å²) in [6.07, 6.45) is -2.08. The molecule has 210 valence electrons. The van der Waals surface area contributed by atoms with Gasteiger partial charge >= 0.3 is 6.03 Å². The van der Waals surface area contributed by atoms with Gasteiger partial charge in [-0.15, -0.1) is 0 Å². The van der Waals surface area contributed by atoms with Crippen molar-refractivity contribution in [2.24, 2.45) is 0 Å². The Morgan fingerprint density at radius 1 is 1.05 bits per heavy atom. The van der Waals surface area contributed by atoms with Crippen molar-refractivity contribution in [2.75, 3.05) is 16.6 Å². The van der Waals surface area contributed by atoms with Crippen molar-refractivity contribution in [3.8, 4) is 11.1 Å². The minimum absolute atomic E-state index is 0.109. The summed E-state index contributed by atoms with van der Waals surface area (Å²) in [7, 11) is -3.74. The standard InChI is InChI=1S/C24H30N6O7S2/c1-5-25-22(35)29-23-28-15-7-11(12-9-26-21(27-10-12)30-39(36,37)24(2,3)4)6-14(20(15)38-23)13-8-16(31)18(33)19(34)17(13)32/h6-10,16-19,31-34H,5H2,1-4H3,(H,26,27,30)(H2,25,28,29,35)/t16-,17+,18+,19+/m0/s1. The van der Waals surface area contributed by atoms with Crippen LogP contribution in [0.5, 0.6) is 0 Å². The lowest BCUT2D eigenvalue weighted by Crippen LogP contribution is -2.47. The number of benzene rings is 1. The molecule has 0 unspecified atom stereocenters. The highest BCUT2D eigenvalue weighted by atomic mass is 32.2. The molecule has 7 N–H and O–H groups in total. The predicted octanol–water partition coefficient (Wildman–Crippen LogP) is 1.28. The number of sulfonamides is 1. The van der Waals surface area contributed by atoms with Crippen molar-refractivity contribution in [2.45, 2.75) is 56.9 Å². The predicted molar refractivity (Wildman–Crippen MR) is 148 cm³/mol. The molecule has 0 saturated heterocycles. The Kier molecular flexibility index (Phi) is 7.93. The molecule has 0 bridgehead atoms. The molecule has 39 heavy (non-hydrogen) atoms. The van der Waals surface area contributed by atoms with Crippen molar-refractivity contribution in [3.63, 3.8) is 0 Å². The lowest BCUT2D eigenvalue weighted by Gasteiger charge is -2.32. The zero-order valence-corrected chi connectivity index (χ0v) is 23.2. The number of nitrogens with one attached hydrogen (secondary N) is 3. The van der Waals surface area contributed by atoms with Crippen LogP contribution in [0.3, 0.4) is 0 Å². The van der Waals surface area contributed by atoms with Crippen molar-refractivity contribution < 1.29 is 33.6 Å². The molecule has 1 aliphatic carbocycles. The highest BCUT2D eigenvalue weighted by Gasteiger charge is 2.38. The first kappa shape index (κ1) is 28.8. The summed E-state index contributed by atoms with van der Waals surface area (Å²) in [5.41, 5.74) is 2.01. The van der Waals surface area contributed by atoms with E-state index in [1.54, 1.807) is 39.8 Å². The molecule has 1 aromatic carbocycles. The van der Waals surface area contributed by atoms with Gasteiger partial charge in [-0.25, -0.2) is 28.2 Å². The fourth-order valence-electron chi connectivity index (χ4n) is 3.78. The van der Waals surface area contributed by atoms with Gasteiger partial charge in [-0.3, -0.25) is 10.0 Å². The van der Waals surface area contributed by atoms with E-state index >= 15 is 0 Å². The number of aliphatic hydroxyl groups excluding tert-OH is 4. The average Bonchev–Trinajstić information content (AvgIpc) is 3.26. The van der Waals surface area contributed by atoms with E-state index in [-0.39, 0.29) is 16.7 Å². The molecule has 15 heteroatoms. The van der Waals surface area contributed by atoms with Crippen LogP contribution < -0.4 is 15.4 Å². The second kappa shape index (κ2) is 10.7. The monoisotopic (exact) mass is 578 g/mol. The number of carbonyl (C=O) groups excluding carboxylic acids is 1. The topological polar surface area (TPSA) is 207 Å². The van der Waals surface area contributed by atoms with Crippen molar-refractivity contribution in [1.29, 1.82) is 0 Å².